The molecule has 0 heterocycles. The summed E-state index contributed by atoms with van der Waals surface area (Å²) in [4.78, 5) is 2.54. The Bertz CT molecular complexity index is 189. The average molecular weight is 196 g/mol. The van der Waals surface area contributed by atoms with Crippen LogP contribution in [-0.4, -0.2) is 30.6 Å². The quantitative estimate of drug-likeness (QED) is 0.743. The molecule has 0 spiro atoms. The second kappa shape index (κ2) is 4.19. The van der Waals surface area contributed by atoms with E-state index in [1.165, 1.54) is 38.6 Å². The second-order valence-corrected chi connectivity index (χ2v) is 5.37. The van der Waals surface area contributed by atoms with Crippen molar-refractivity contribution in [3.05, 3.63) is 0 Å². The molecular weight excluding hydrogens is 172 g/mol. The van der Waals surface area contributed by atoms with Crippen molar-refractivity contribution < 1.29 is 0 Å². The summed E-state index contributed by atoms with van der Waals surface area (Å²) in [6.45, 7) is 3.59. The topological polar surface area (TPSA) is 29.3 Å². The largest absolute Gasteiger partial charge is 0.327 e. The average Bonchev–Trinajstić information content (AvgIpc) is 2.92. The van der Waals surface area contributed by atoms with Crippen LogP contribution in [0.5, 0.6) is 0 Å². The lowest BCUT2D eigenvalue weighted by molar-refractivity contribution is 0.194. The van der Waals surface area contributed by atoms with Gasteiger partial charge in [-0.1, -0.05) is 6.42 Å². The van der Waals surface area contributed by atoms with E-state index in [0.29, 0.717) is 6.04 Å². The van der Waals surface area contributed by atoms with Crippen LogP contribution in [0.1, 0.15) is 39.0 Å². The van der Waals surface area contributed by atoms with Crippen LogP contribution in [0, 0.1) is 11.8 Å². The van der Waals surface area contributed by atoms with Gasteiger partial charge < -0.3 is 10.6 Å². The second-order valence-electron chi connectivity index (χ2n) is 5.37. The summed E-state index contributed by atoms with van der Waals surface area (Å²) in [5, 5.41) is 0. The Hall–Kier alpha value is -0.0800. The molecule has 0 aliphatic heterocycles. The molecule has 2 heteroatoms. The van der Waals surface area contributed by atoms with Crippen molar-refractivity contribution in [3.8, 4) is 0 Å². The van der Waals surface area contributed by atoms with Gasteiger partial charge in [0, 0.05) is 18.6 Å². The summed E-state index contributed by atoms with van der Waals surface area (Å²) < 4.78 is 0. The van der Waals surface area contributed by atoms with Gasteiger partial charge in [-0.25, -0.2) is 0 Å². The van der Waals surface area contributed by atoms with Crippen LogP contribution in [0.4, 0.5) is 0 Å². The van der Waals surface area contributed by atoms with Gasteiger partial charge in [0.15, 0.2) is 0 Å². The van der Waals surface area contributed by atoms with E-state index < -0.39 is 0 Å². The number of nitrogens with two attached hydrogens (primary N) is 1. The highest BCUT2D eigenvalue weighted by Crippen LogP contribution is 2.35. The third kappa shape index (κ3) is 2.29. The Morgan fingerprint density at radius 3 is 2.50 bits per heavy atom. The molecule has 2 saturated carbocycles. The van der Waals surface area contributed by atoms with Gasteiger partial charge in [-0.15, -0.1) is 0 Å². The van der Waals surface area contributed by atoms with E-state index >= 15 is 0 Å². The minimum atomic E-state index is 0.476. The predicted molar refractivity (Wildman–Crippen MR) is 60.1 cm³/mol. The van der Waals surface area contributed by atoms with Gasteiger partial charge in [0.2, 0.25) is 0 Å². The summed E-state index contributed by atoms with van der Waals surface area (Å²) in [5.41, 5.74) is 6.09. The Morgan fingerprint density at radius 1 is 1.29 bits per heavy atom. The molecule has 3 unspecified atom stereocenters. The molecule has 2 nitrogen and oxygen atoms in total. The van der Waals surface area contributed by atoms with Gasteiger partial charge >= 0.3 is 0 Å². The Kier molecular flexibility index (Phi) is 3.13. The van der Waals surface area contributed by atoms with Crippen LogP contribution in [0.2, 0.25) is 0 Å². The Labute approximate surface area is 87.8 Å². The van der Waals surface area contributed by atoms with Crippen molar-refractivity contribution in [2.75, 3.05) is 13.6 Å². The summed E-state index contributed by atoms with van der Waals surface area (Å²) in [5.74, 6) is 1.75. The molecule has 0 aromatic heterocycles. The van der Waals surface area contributed by atoms with E-state index in [0.717, 1.165) is 17.9 Å². The molecule has 0 radical (unpaired) electrons. The maximum absolute atomic E-state index is 6.09. The fraction of sp³-hybridized carbons (Fsp3) is 1.00. The van der Waals surface area contributed by atoms with Crippen LogP contribution in [0.15, 0.2) is 0 Å². The number of rotatable bonds is 4. The lowest BCUT2D eigenvalue weighted by Gasteiger charge is -2.29. The summed E-state index contributed by atoms with van der Waals surface area (Å²) >= 11 is 0. The van der Waals surface area contributed by atoms with Crippen LogP contribution < -0.4 is 5.73 Å². The SMILES string of the molecule is CC(C1CC1)N(C)CC1CCCC1N. The van der Waals surface area contributed by atoms with E-state index in [9.17, 15) is 0 Å². The minimum Gasteiger partial charge on any atom is -0.327 e. The molecule has 0 saturated heterocycles. The normalized spacial score (nSPS) is 35.1. The third-order valence-electron chi connectivity index (χ3n) is 4.24. The van der Waals surface area contributed by atoms with E-state index in [1.54, 1.807) is 0 Å². The zero-order valence-corrected chi connectivity index (χ0v) is 9.58. The molecule has 0 bridgehead atoms. The molecule has 0 aromatic carbocycles. The van der Waals surface area contributed by atoms with E-state index in [1.807, 2.05) is 0 Å². The van der Waals surface area contributed by atoms with Crippen molar-refractivity contribution in [1.82, 2.24) is 4.90 Å². The van der Waals surface area contributed by atoms with Crippen molar-refractivity contribution >= 4 is 0 Å². The standard InChI is InChI=1S/C12H24N2/c1-9(10-6-7-10)14(2)8-11-4-3-5-12(11)13/h9-12H,3-8,13H2,1-2H3. The maximum atomic E-state index is 6.09. The van der Waals surface area contributed by atoms with Gasteiger partial charge in [0.25, 0.3) is 0 Å². The van der Waals surface area contributed by atoms with Crippen molar-refractivity contribution in [2.45, 2.75) is 51.1 Å². The molecule has 2 fully saturated rings. The van der Waals surface area contributed by atoms with Crippen LogP contribution in [0.3, 0.4) is 0 Å². The molecule has 2 aliphatic carbocycles. The lowest BCUT2D eigenvalue weighted by Crippen LogP contribution is -2.39. The first-order valence-electron chi connectivity index (χ1n) is 6.14. The molecule has 0 aromatic rings. The first-order chi connectivity index (χ1) is 6.68. The van der Waals surface area contributed by atoms with Crippen LogP contribution in [-0.2, 0) is 0 Å². The van der Waals surface area contributed by atoms with Crippen LogP contribution in [0.25, 0.3) is 0 Å². The number of hydrogen-bond acceptors (Lipinski definition) is 2. The first-order valence-corrected chi connectivity index (χ1v) is 6.14. The van der Waals surface area contributed by atoms with Crippen molar-refractivity contribution in [1.29, 1.82) is 0 Å². The summed E-state index contributed by atoms with van der Waals surface area (Å²) in [7, 11) is 2.27. The van der Waals surface area contributed by atoms with E-state index in [4.69, 9.17) is 5.73 Å². The zero-order chi connectivity index (χ0) is 10.1. The van der Waals surface area contributed by atoms with Crippen molar-refractivity contribution in [3.63, 3.8) is 0 Å². The maximum Gasteiger partial charge on any atom is 0.00922 e. The zero-order valence-electron chi connectivity index (χ0n) is 9.58. The Balaban J connectivity index is 1.77. The minimum absolute atomic E-state index is 0.476. The monoisotopic (exact) mass is 196 g/mol. The first kappa shape index (κ1) is 10.4. The number of nitrogens with zero attached hydrogens (tertiary/aromatic N) is 1. The number of hydrogen-bond donors (Lipinski definition) is 1. The molecule has 3 atom stereocenters. The smallest absolute Gasteiger partial charge is 0.00922 e. The van der Waals surface area contributed by atoms with Gasteiger partial charge in [-0.05, 0) is 51.5 Å². The third-order valence-corrected chi connectivity index (χ3v) is 4.24. The fourth-order valence-electron chi connectivity index (χ4n) is 2.77. The van der Waals surface area contributed by atoms with Gasteiger partial charge in [0.1, 0.15) is 0 Å². The molecule has 82 valence electrons. The molecule has 0 amide bonds. The predicted octanol–water partition coefficient (Wildman–Crippen LogP) is 1.84. The highest BCUT2D eigenvalue weighted by Gasteiger charge is 2.32. The molecular formula is C12H24N2. The molecule has 2 rings (SSSR count). The lowest BCUT2D eigenvalue weighted by atomic mass is 10.0. The van der Waals surface area contributed by atoms with E-state index in [-0.39, 0.29) is 0 Å². The van der Waals surface area contributed by atoms with E-state index in [2.05, 4.69) is 18.9 Å². The highest BCUT2D eigenvalue weighted by molar-refractivity contribution is 4.87. The molecule has 2 aliphatic rings. The molecule has 14 heavy (non-hydrogen) atoms. The van der Waals surface area contributed by atoms with Crippen molar-refractivity contribution in [2.24, 2.45) is 17.6 Å². The molecule has 2 N–H and O–H groups in total. The van der Waals surface area contributed by atoms with Gasteiger partial charge in [-0.2, -0.15) is 0 Å². The van der Waals surface area contributed by atoms with Gasteiger partial charge in [0.05, 0.1) is 0 Å². The summed E-state index contributed by atoms with van der Waals surface area (Å²) in [6.07, 6.45) is 6.83. The van der Waals surface area contributed by atoms with Gasteiger partial charge in [-0.3, -0.25) is 0 Å². The summed E-state index contributed by atoms with van der Waals surface area (Å²) in [6, 6.07) is 1.26. The fourth-order valence-corrected chi connectivity index (χ4v) is 2.77. The Morgan fingerprint density at radius 2 is 2.00 bits per heavy atom. The highest BCUT2D eigenvalue weighted by atomic mass is 15.1. The van der Waals surface area contributed by atoms with Crippen LogP contribution >= 0.6 is 0 Å².